The van der Waals surface area contributed by atoms with Crippen molar-refractivity contribution in [3.05, 3.63) is 22.7 Å². The number of hydrogen-bond donors (Lipinski definition) is 4. The molecule has 0 saturated carbocycles. The summed E-state index contributed by atoms with van der Waals surface area (Å²) in [6.07, 6.45) is 0.824. The van der Waals surface area contributed by atoms with E-state index in [1.165, 1.54) is 23.5 Å². The second-order valence-electron chi connectivity index (χ2n) is 3.65. The van der Waals surface area contributed by atoms with Gasteiger partial charge in [0.05, 0.1) is 0 Å². The maximum absolute atomic E-state index is 9.63. The van der Waals surface area contributed by atoms with Crippen molar-refractivity contribution in [2.24, 2.45) is 0 Å². The lowest BCUT2D eigenvalue weighted by Crippen LogP contribution is -1.99. The molecule has 2 aromatic rings. The fraction of sp³-hybridized carbons (Fsp3) is 0.273. The highest BCUT2D eigenvalue weighted by atomic mass is 32.1. The maximum atomic E-state index is 9.63. The van der Waals surface area contributed by atoms with Gasteiger partial charge in [0, 0.05) is 12.1 Å². The van der Waals surface area contributed by atoms with Gasteiger partial charge in [-0.2, -0.15) is 0 Å². The van der Waals surface area contributed by atoms with Gasteiger partial charge in [0.25, 0.3) is 0 Å². The summed E-state index contributed by atoms with van der Waals surface area (Å²) in [5.74, 6) is -1.19. The van der Waals surface area contributed by atoms with E-state index in [2.05, 4.69) is 15.5 Å². The van der Waals surface area contributed by atoms with Gasteiger partial charge in [-0.05, 0) is 18.6 Å². The molecule has 0 atom stereocenters. The quantitative estimate of drug-likeness (QED) is 0.631. The summed E-state index contributed by atoms with van der Waals surface area (Å²) in [5, 5.41) is 40.7. The number of aromatic nitrogens is 2. The average molecular weight is 267 g/mol. The van der Waals surface area contributed by atoms with Crippen molar-refractivity contribution in [3.8, 4) is 17.2 Å². The van der Waals surface area contributed by atoms with Crippen LogP contribution in [-0.4, -0.2) is 25.5 Å². The number of nitrogens with zero attached hydrogens (tertiary/aromatic N) is 2. The minimum atomic E-state index is -0.513. The Morgan fingerprint density at radius 3 is 2.61 bits per heavy atom. The van der Waals surface area contributed by atoms with Gasteiger partial charge in [0.2, 0.25) is 10.9 Å². The van der Waals surface area contributed by atoms with Gasteiger partial charge in [-0.1, -0.05) is 18.3 Å². The molecule has 2 rings (SSSR count). The first-order chi connectivity index (χ1) is 8.61. The van der Waals surface area contributed by atoms with Crippen LogP contribution in [-0.2, 0) is 13.0 Å². The Morgan fingerprint density at radius 1 is 1.17 bits per heavy atom. The molecule has 18 heavy (non-hydrogen) atoms. The predicted molar refractivity (Wildman–Crippen MR) is 68.1 cm³/mol. The zero-order valence-electron chi connectivity index (χ0n) is 9.71. The predicted octanol–water partition coefficient (Wildman–Crippen LogP) is 1.83. The molecule has 4 N–H and O–H groups in total. The fourth-order valence-electron chi connectivity index (χ4n) is 1.39. The summed E-state index contributed by atoms with van der Waals surface area (Å²) in [6, 6.07) is 2.85. The van der Waals surface area contributed by atoms with Gasteiger partial charge in [0.1, 0.15) is 5.01 Å². The van der Waals surface area contributed by atoms with Crippen molar-refractivity contribution >= 4 is 16.5 Å². The molecule has 0 unspecified atom stereocenters. The number of phenols is 3. The lowest BCUT2D eigenvalue weighted by atomic mass is 10.1. The third-order valence-corrected chi connectivity index (χ3v) is 3.44. The van der Waals surface area contributed by atoms with E-state index in [1.54, 1.807) is 0 Å². The van der Waals surface area contributed by atoms with Crippen LogP contribution in [0.25, 0.3) is 0 Å². The standard InChI is InChI=1S/C11H13N3O3S/c1-2-8-13-14-11(18-8)12-5-6-3-4-7(15)10(17)9(6)16/h3-4,15-17H,2,5H2,1H3,(H,12,14). The molecular weight excluding hydrogens is 254 g/mol. The van der Waals surface area contributed by atoms with Crippen molar-refractivity contribution in [2.45, 2.75) is 19.9 Å². The molecule has 1 heterocycles. The van der Waals surface area contributed by atoms with Crippen molar-refractivity contribution in [3.63, 3.8) is 0 Å². The smallest absolute Gasteiger partial charge is 0.205 e. The zero-order valence-corrected chi connectivity index (χ0v) is 10.5. The number of phenolic OH excluding ortho intramolecular Hbond substituents is 3. The van der Waals surface area contributed by atoms with Crippen LogP contribution in [0.15, 0.2) is 12.1 Å². The lowest BCUT2D eigenvalue weighted by Gasteiger charge is -2.07. The van der Waals surface area contributed by atoms with Crippen molar-refractivity contribution in [1.82, 2.24) is 10.2 Å². The number of rotatable bonds is 4. The molecule has 7 heteroatoms. The molecule has 0 radical (unpaired) electrons. The normalized spacial score (nSPS) is 10.5. The van der Waals surface area contributed by atoms with E-state index in [0.717, 1.165) is 11.4 Å². The molecule has 96 valence electrons. The largest absolute Gasteiger partial charge is 0.504 e. The molecule has 0 saturated heterocycles. The molecule has 1 aromatic carbocycles. The number of benzene rings is 1. The van der Waals surface area contributed by atoms with Crippen LogP contribution in [0.2, 0.25) is 0 Å². The summed E-state index contributed by atoms with van der Waals surface area (Å²) in [6.45, 7) is 2.28. The van der Waals surface area contributed by atoms with Crippen LogP contribution in [0, 0.1) is 0 Å². The van der Waals surface area contributed by atoms with Crippen LogP contribution < -0.4 is 5.32 Å². The van der Waals surface area contributed by atoms with Crippen LogP contribution in [0.5, 0.6) is 17.2 Å². The summed E-state index contributed by atoms with van der Waals surface area (Å²) >= 11 is 1.44. The molecule has 0 aliphatic rings. The lowest BCUT2D eigenvalue weighted by molar-refractivity contribution is 0.365. The number of anilines is 1. The van der Waals surface area contributed by atoms with E-state index < -0.39 is 5.75 Å². The molecule has 0 amide bonds. The summed E-state index contributed by atoms with van der Waals surface area (Å²) < 4.78 is 0. The molecule has 6 nitrogen and oxygen atoms in total. The minimum Gasteiger partial charge on any atom is -0.504 e. The van der Waals surface area contributed by atoms with Crippen molar-refractivity contribution < 1.29 is 15.3 Å². The van der Waals surface area contributed by atoms with E-state index in [-0.39, 0.29) is 18.0 Å². The van der Waals surface area contributed by atoms with Crippen molar-refractivity contribution in [2.75, 3.05) is 5.32 Å². The Labute approximate surface area is 108 Å². The summed E-state index contributed by atoms with van der Waals surface area (Å²) in [7, 11) is 0. The number of aryl methyl sites for hydroxylation is 1. The highest BCUT2D eigenvalue weighted by Crippen LogP contribution is 2.37. The summed E-state index contributed by atoms with van der Waals surface area (Å²) in [4.78, 5) is 0. The summed E-state index contributed by atoms with van der Waals surface area (Å²) in [5.41, 5.74) is 0.471. The van der Waals surface area contributed by atoms with Gasteiger partial charge in [-0.15, -0.1) is 10.2 Å². The molecule has 0 bridgehead atoms. The first kappa shape index (κ1) is 12.4. The van der Waals surface area contributed by atoms with E-state index in [0.29, 0.717) is 10.7 Å². The Hall–Kier alpha value is -2.02. The maximum Gasteiger partial charge on any atom is 0.205 e. The van der Waals surface area contributed by atoms with E-state index in [9.17, 15) is 15.3 Å². The minimum absolute atomic E-state index is 0.290. The van der Waals surface area contributed by atoms with Gasteiger partial charge in [-0.25, -0.2) is 0 Å². The van der Waals surface area contributed by atoms with Crippen LogP contribution in [0.1, 0.15) is 17.5 Å². The third-order valence-electron chi connectivity index (χ3n) is 2.41. The molecule has 0 spiro atoms. The van der Waals surface area contributed by atoms with Gasteiger partial charge >= 0.3 is 0 Å². The van der Waals surface area contributed by atoms with Crippen LogP contribution in [0.4, 0.5) is 5.13 Å². The number of nitrogens with one attached hydrogen (secondary N) is 1. The van der Waals surface area contributed by atoms with Crippen LogP contribution in [0.3, 0.4) is 0 Å². The molecule has 0 aliphatic heterocycles. The second kappa shape index (κ2) is 5.09. The topological polar surface area (TPSA) is 98.5 Å². The average Bonchev–Trinajstić information content (AvgIpc) is 2.83. The molecule has 0 aliphatic carbocycles. The van der Waals surface area contributed by atoms with E-state index in [1.807, 2.05) is 6.92 Å². The molecule has 0 fully saturated rings. The Kier molecular flexibility index (Phi) is 3.52. The highest BCUT2D eigenvalue weighted by Gasteiger charge is 2.11. The number of hydrogen-bond acceptors (Lipinski definition) is 7. The van der Waals surface area contributed by atoms with Crippen LogP contribution >= 0.6 is 11.3 Å². The Balaban J connectivity index is 2.08. The highest BCUT2D eigenvalue weighted by molar-refractivity contribution is 7.15. The van der Waals surface area contributed by atoms with Gasteiger partial charge in [0.15, 0.2) is 11.5 Å². The Bertz CT molecular complexity index is 556. The van der Waals surface area contributed by atoms with E-state index in [4.69, 9.17) is 0 Å². The van der Waals surface area contributed by atoms with Gasteiger partial charge in [-0.3, -0.25) is 0 Å². The molecule has 1 aromatic heterocycles. The van der Waals surface area contributed by atoms with Crippen molar-refractivity contribution in [1.29, 1.82) is 0 Å². The second-order valence-corrected chi connectivity index (χ2v) is 4.71. The third kappa shape index (κ3) is 2.45. The first-order valence-corrected chi connectivity index (χ1v) is 6.22. The molecular formula is C11H13N3O3S. The fourth-order valence-corrected chi connectivity index (χ4v) is 2.07. The monoisotopic (exact) mass is 267 g/mol. The Morgan fingerprint density at radius 2 is 1.94 bits per heavy atom. The van der Waals surface area contributed by atoms with E-state index >= 15 is 0 Å². The zero-order chi connectivity index (χ0) is 13.1. The first-order valence-electron chi connectivity index (χ1n) is 5.40. The number of aromatic hydroxyl groups is 3. The SMILES string of the molecule is CCc1nnc(NCc2ccc(O)c(O)c2O)s1. The van der Waals surface area contributed by atoms with Gasteiger partial charge < -0.3 is 20.6 Å².